The second-order valence-electron chi connectivity index (χ2n) is 3.11. The van der Waals surface area contributed by atoms with Gasteiger partial charge in [-0.2, -0.15) is 8.42 Å². The van der Waals surface area contributed by atoms with E-state index in [0.717, 1.165) is 12.8 Å². The van der Waals surface area contributed by atoms with Crippen molar-refractivity contribution in [1.29, 1.82) is 0 Å². The summed E-state index contributed by atoms with van der Waals surface area (Å²) in [5, 5.41) is 17.4. The summed E-state index contributed by atoms with van der Waals surface area (Å²) in [7, 11) is -3.74. The first kappa shape index (κ1) is 14.6. The van der Waals surface area contributed by atoms with Crippen molar-refractivity contribution >= 4 is 10.1 Å². The lowest BCUT2D eigenvalue weighted by Crippen LogP contribution is -2.25. The molecule has 0 saturated heterocycles. The largest absolute Gasteiger partial charge is 0.394 e. The Balaban J connectivity index is 3.84. The maximum Gasteiger partial charge on any atom is 0.270 e. The predicted octanol–water partition coefficient (Wildman–Crippen LogP) is 0.0423. The van der Waals surface area contributed by atoms with Crippen LogP contribution in [0.25, 0.3) is 0 Å². The zero-order valence-electron chi connectivity index (χ0n) is 8.80. The SMILES string of the molecule is CCCC=CCOS(=O)(=O)CC(O)CO. The van der Waals surface area contributed by atoms with Gasteiger partial charge < -0.3 is 10.2 Å². The number of hydrogen-bond donors (Lipinski definition) is 2. The average molecular weight is 238 g/mol. The number of aliphatic hydroxyl groups excluding tert-OH is 2. The molecule has 0 saturated carbocycles. The molecule has 0 aliphatic heterocycles. The molecule has 15 heavy (non-hydrogen) atoms. The molecule has 6 heteroatoms. The van der Waals surface area contributed by atoms with Crippen molar-refractivity contribution in [3.8, 4) is 0 Å². The van der Waals surface area contributed by atoms with E-state index in [-0.39, 0.29) is 6.61 Å². The molecule has 0 aliphatic carbocycles. The fraction of sp³-hybridized carbons (Fsp3) is 0.778. The molecule has 0 heterocycles. The molecule has 1 unspecified atom stereocenters. The van der Waals surface area contributed by atoms with Crippen molar-refractivity contribution in [1.82, 2.24) is 0 Å². The monoisotopic (exact) mass is 238 g/mol. The van der Waals surface area contributed by atoms with Crippen LogP contribution in [0.15, 0.2) is 12.2 Å². The van der Waals surface area contributed by atoms with E-state index in [1.165, 1.54) is 0 Å². The number of allylic oxidation sites excluding steroid dienone is 1. The normalized spacial score (nSPS) is 14.6. The molecule has 90 valence electrons. The highest BCUT2D eigenvalue weighted by atomic mass is 32.2. The van der Waals surface area contributed by atoms with Crippen LogP contribution < -0.4 is 0 Å². The van der Waals surface area contributed by atoms with Gasteiger partial charge in [-0.3, -0.25) is 4.18 Å². The highest BCUT2D eigenvalue weighted by molar-refractivity contribution is 7.86. The van der Waals surface area contributed by atoms with E-state index in [9.17, 15) is 8.42 Å². The van der Waals surface area contributed by atoms with E-state index in [2.05, 4.69) is 4.18 Å². The molecule has 0 fully saturated rings. The lowest BCUT2D eigenvalue weighted by Gasteiger charge is -2.07. The summed E-state index contributed by atoms with van der Waals surface area (Å²) < 4.78 is 26.8. The summed E-state index contributed by atoms with van der Waals surface area (Å²) in [6.07, 6.45) is 4.04. The maximum atomic E-state index is 11.1. The number of unbranched alkanes of at least 4 members (excludes halogenated alkanes) is 1. The van der Waals surface area contributed by atoms with Gasteiger partial charge in [-0.05, 0) is 6.42 Å². The third kappa shape index (κ3) is 8.56. The van der Waals surface area contributed by atoms with Gasteiger partial charge in [0.15, 0.2) is 0 Å². The topological polar surface area (TPSA) is 83.8 Å². The van der Waals surface area contributed by atoms with E-state index >= 15 is 0 Å². The van der Waals surface area contributed by atoms with Crippen LogP contribution in [0.4, 0.5) is 0 Å². The molecule has 1 atom stereocenters. The Kier molecular flexibility index (Phi) is 7.59. The standard InChI is InChI=1S/C9H18O5S/c1-2-3-4-5-6-14-15(12,13)8-9(11)7-10/h4-5,9-11H,2-3,6-8H2,1H3. The molecule has 2 N–H and O–H groups in total. The van der Waals surface area contributed by atoms with Gasteiger partial charge in [0.2, 0.25) is 0 Å². The van der Waals surface area contributed by atoms with Crippen LogP contribution in [0.1, 0.15) is 19.8 Å². The molecule has 0 rings (SSSR count). The third-order valence-electron chi connectivity index (χ3n) is 1.57. The molecule has 0 spiro atoms. The Hall–Kier alpha value is -0.430. The summed E-state index contributed by atoms with van der Waals surface area (Å²) in [6, 6.07) is 0. The van der Waals surface area contributed by atoms with Crippen LogP contribution >= 0.6 is 0 Å². The minimum Gasteiger partial charge on any atom is -0.394 e. The molecule has 0 aliphatic rings. The number of hydrogen-bond acceptors (Lipinski definition) is 5. The Bertz CT molecular complexity index is 270. The maximum absolute atomic E-state index is 11.1. The molecular weight excluding hydrogens is 220 g/mol. The second kappa shape index (κ2) is 7.81. The minimum atomic E-state index is -3.74. The van der Waals surface area contributed by atoms with Crippen LogP contribution in [0.2, 0.25) is 0 Å². The Morgan fingerprint density at radius 3 is 2.60 bits per heavy atom. The van der Waals surface area contributed by atoms with Crippen molar-refractivity contribution in [2.24, 2.45) is 0 Å². The van der Waals surface area contributed by atoms with Gasteiger partial charge in [-0.1, -0.05) is 25.5 Å². The second-order valence-corrected chi connectivity index (χ2v) is 4.79. The van der Waals surface area contributed by atoms with E-state index in [0.29, 0.717) is 0 Å². The van der Waals surface area contributed by atoms with Gasteiger partial charge in [0, 0.05) is 0 Å². The van der Waals surface area contributed by atoms with Crippen LogP contribution in [0, 0.1) is 0 Å². The molecule has 0 aromatic rings. The molecule has 0 amide bonds. The minimum absolute atomic E-state index is 0.0273. The van der Waals surface area contributed by atoms with Crippen LogP contribution in [0.3, 0.4) is 0 Å². The van der Waals surface area contributed by atoms with Crippen molar-refractivity contribution in [2.45, 2.75) is 25.9 Å². The Morgan fingerprint density at radius 1 is 1.40 bits per heavy atom. The third-order valence-corrected chi connectivity index (χ3v) is 2.86. The first-order valence-electron chi connectivity index (χ1n) is 4.83. The Labute approximate surface area is 90.5 Å². The molecule has 0 aromatic carbocycles. The molecule has 0 bridgehead atoms. The lowest BCUT2D eigenvalue weighted by molar-refractivity contribution is 0.110. The summed E-state index contributed by atoms with van der Waals surface area (Å²) in [5.74, 6) is -0.578. The molecule has 0 radical (unpaired) electrons. The van der Waals surface area contributed by atoms with Crippen molar-refractivity contribution in [3.63, 3.8) is 0 Å². The predicted molar refractivity (Wildman–Crippen MR) is 56.9 cm³/mol. The van der Waals surface area contributed by atoms with Gasteiger partial charge in [0.1, 0.15) is 5.75 Å². The summed E-state index contributed by atoms with van der Waals surface area (Å²) in [6.45, 7) is 1.40. The van der Waals surface area contributed by atoms with Crippen molar-refractivity contribution in [2.75, 3.05) is 19.0 Å². The van der Waals surface area contributed by atoms with E-state index in [1.807, 2.05) is 13.0 Å². The Morgan fingerprint density at radius 2 is 2.07 bits per heavy atom. The summed E-state index contributed by atoms with van der Waals surface area (Å²) in [5.41, 5.74) is 0. The smallest absolute Gasteiger partial charge is 0.270 e. The van der Waals surface area contributed by atoms with E-state index in [4.69, 9.17) is 10.2 Å². The highest BCUT2D eigenvalue weighted by Crippen LogP contribution is 1.98. The summed E-state index contributed by atoms with van der Waals surface area (Å²) in [4.78, 5) is 0. The van der Waals surface area contributed by atoms with Crippen LogP contribution in [-0.4, -0.2) is 43.7 Å². The van der Waals surface area contributed by atoms with Crippen LogP contribution in [-0.2, 0) is 14.3 Å². The fourth-order valence-electron chi connectivity index (χ4n) is 0.832. The zero-order valence-corrected chi connectivity index (χ0v) is 9.61. The molecule has 5 nitrogen and oxygen atoms in total. The van der Waals surface area contributed by atoms with E-state index < -0.39 is 28.6 Å². The van der Waals surface area contributed by atoms with Crippen LogP contribution in [0.5, 0.6) is 0 Å². The summed E-state index contributed by atoms with van der Waals surface area (Å²) >= 11 is 0. The van der Waals surface area contributed by atoms with Crippen molar-refractivity contribution in [3.05, 3.63) is 12.2 Å². The van der Waals surface area contributed by atoms with E-state index in [1.54, 1.807) is 6.08 Å². The highest BCUT2D eigenvalue weighted by Gasteiger charge is 2.16. The van der Waals surface area contributed by atoms with Gasteiger partial charge >= 0.3 is 0 Å². The van der Waals surface area contributed by atoms with Gasteiger partial charge in [0.05, 0.1) is 19.3 Å². The first-order chi connectivity index (χ1) is 7.02. The van der Waals surface area contributed by atoms with Crippen molar-refractivity contribution < 1.29 is 22.8 Å². The average Bonchev–Trinajstić information content (AvgIpc) is 2.16. The van der Waals surface area contributed by atoms with Gasteiger partial charge in [-0.15, -0.1) is 0 Å². The lowest BCUT2D eigenvalue weighted by atomic mass is 10.3. The molecule has 0 aromatic heterocycles. The van der Waals surface area contributed by atoms with Gasteiger partial charge in [-0.25, -0.2) is 0 Å². The number of aliphatic hydroxyl groups is 2. The molecular formula is C9H18O5S. The van der Waals surface area contributed by atoms with Gasteiger partial charge in [0.25, 0.3) is 10.1 Å². The first-order valence-corrected chi connectivity index (χ1v) is 6.40. The quantitative estimate of drug-likeness (QED) is 0.461. The fourth-order valence-corrected chi connectivity index (χ4v) is 1.79. The zero-order chi connectivity index (χ0) is 11.7. The number of rotatable bonds is 8.